The van der Waals surface area contributed by atoms with Gasteiger partial charge in [0.2, 0.25) is 5.91 Å². The summed E-state index contributed by atoms with van der Waals surface area (Å²) in [5, 5.41) is 27.3. The molecule has 2 atom stereocenters. The van der Waals surface area contributed by atoms with Crippen LogP contribution in [0.3, 0.4) is 0 Å². The fourth-order valence-corrected chi connectivity index (χ4v) is 6.02. The summed E-state index contributed by atoms with van der Waals surface area (Å²) in [6.45, 7) is 2.25. The van der Waals surface area contributed by atoms with E-state index in [9.17, 15) is 29.2 Å². The predicted octanol–water partition coefficient (Wildman–Crippen LogP) is 9.57. The van der Waals surface area contributed by atoms with Gasteiger partial charge in [-0.25, -0.2) is 9.18 Å². The number of aliphatic carboxylic acids is 1. The van der Waals surface area contributed by atoms with Gasteiger partial charge < -0.3 is 15.7 Å². The number of hydrogen-bond donors (Lipinski definition) is 3. The molecule has 3 N–H and O–H groups in total. The van der Waals surface area contributed by atoms with Crippen molar-refractivity contribution in [1.82, 2.24) is 10.6 Å². The van der Waals surface area contributed by atoms with Crippen molar-refractivity contribution >= 4 is 23.6 Å². The highest BCUT2D eigenvalue weighted by Crippen LogP contribution is 2.19. The van der Waals surface area contributed by atoms with Gasteiger partial charge in [-0.2, -0.15) is 0 Å². The first-order valence-corrected chi connectivity index (χ1v) is 18.3. The van der Waals surface area contributed by atoms with E-state index in [0.29, 0.717) is 17.5 Å². The van der Waals surface area contributed by atoms with Crippen LogP contribution in [0.4, 0.5) is 10.1 Å². The lowest BCUT2D eigenvalue weighted by Crippen LogP contribution is -2.51. The number of rotatable bonds is 25. The quantitative estimate of drug-likeness (QED) is 0.0463. The molecule has 0 aliphatic carbocycles. The summed E-state index contributed by atoms with van der Waals surface area (Å²) in [7, 11) is 0. The highest BCUT2D eigenvalue weighted by molar-refractivity contribution is 5.87. The van der Waals surface area contributed by atoms with Crippen molar-refractivity contribution < 1.29 is 24.0 Å². The number of nitro benzene ring substituents is 1. The molecule has 0 heterocycles. The molecule has 0 aliphatic rings. The normalized spacial score (nSPS) is 12.6. The zero-order valence-corrected chi connectivity index (χ0v) is 29.5. The lowest BCUT2D eigenvalue weighted by atomic mass is 10.0. The van der Waals surface area contributed by atoms with Gasteiger partial charge in [-0.1, -0.05) is 139 Å². The number of non-ortho nitro benzene ring substituents is 1. The molecule has 0 aliphatic heterocycles. The molecule has 0 unspecified atom stereocenters. The molecule has 9 heteroatoms. The Morgan fingerprint density at radius 3 is 1.74 bits per heavy atom. The number of nitro groups is 1. The third-order valence-electron chi connectivity index (χ3n) is 8.92. The molecule has 3 rings (SSSR count). The van der Waals surface area contributed by atoms with Gasteiger partial charge in [0, 0.05) is 30.7 Å². The third kappa shape index (κ3) is 15.8. The molecule has 270 valence electrons. The first-order chi connectivity index (χ1) is 24.2. The Morgan fingerprint density at radius 2 is 1.22 bits per heavy atom. The second-order valence-electron chi connectivity index (χ2n) is 13.1. The van der Waals surface area contributed by atoms with Crippen LogP contribution in [-0.2, 0) is 22.4 Å². The summed E-state index contributed by atoms with van der Waals surface area (Å²) >= 11 is 0. The number of carbonyl (C=O) groups is 2. The number of carboxylic acids is 1. The van der Waals surface area contributed by atoms with Gasteiger partial charge in [-0.05, 0) is 47.7 Å². The Morgan fingerprint density at radius 1 is 0.720 bits per heavy atom. The van der Waals surface area contributed by atoms with Crippen LogP contribution in [-0.4, -0.2) is 34.0 Å². The maximum Gasteiger partial charge on any atom is 0.326 e. The van der Waals surface area contributed by atoms with Gasteiger partial charge in [0.15, 0.2) is 0 Å². The molecule has 3 aromatic carbocycles. The second kappa shape index (κ2) is 23.0. The van der Waals surface area contributed by atoms with E-state index in [4.69, 9.17) is 0 Å². The minimum atomic E-state index is -1.24. The molecule has 0 saturated carbocycles. The van der Waals surface area contributed by atoms with Crippen molar-refractivity contribution in [1.29, 1.82) is 0 Å². The summed E-state index contributed by atoms with van der Waals surface area (Å²) in [4.78, 5) is 36.8. The number of halogens is 1. The van der Waals surface area contributed by atoms with Gasteiger partial charge in [-0.15, -0.1) is 0 Å². The van der Waals surface area contributed by atoms with Crippen molar-refractivity contribution in [3.05, 3.63) is 117 Å². The Hall–Kier alpha value is -4.53. The molecular weight excluding hydrogens is 633 g/mol. The number of unbranched alkanes of at least 4 members (excludes halogenated alkanes) is 12. The topological polar surface area (TPSA) is 122 Å². The predicted molar refractivity (Wildman–Crippen MR) is 198 cm³/mol. The maximum absolute atomic E-state index is 13.8. The van der Waals surface area contributed by atoms with E-state index in [1.165, 1.54) is 101 Å². The molecule has 1 amide bonds. The van der Waals surface area contributed by atoms with Crippen LogP contribution in [0.15, 0.2) is 84.6 Å². The Balaban J connectivity index is 1.67. The molecule has 0 bridgehead atoms. The third-order valence-corrected chi connectivity index (χ3v) is 8.92. The standard InChI is InChI=1S/C41H54FN3O5/c1-2-3-4-5-6-7-8-9-10-11-12-13-17-20-36(29-32-18-15-14-16-19-32)43-38(30-34-23-27-37(28-24-34)45(49)50)40(46)44-39(41(47)48)31-33-21-25-35(42)26-22-33/h14-16,18-19,21-29,38-39,43H,2-13,17,20,30-31H2,1H3,(H,44,46)(H,47,48)/t38-,39-/m0/s1. The van der Waals surface area contributed by atoms with Gasteiger partial charge in [0.05, 0.1) is 4.92 Å². The zero-order valence-electron chi connectivity index (χ0n) is 29.5. The molecule has 0 fully saturated rings. The molecule has 0 radical (unpaired) electrons. The molecule has 50 heavy (non-hydrogen) atoms. The number of nitrogens with zero attached hydrogens (tertiary/aromatic N) is 1. The van der Waals surface area contributed by atoms with Crippen LogP contribution in [0, 0.1) is 15.9 Å². The Kier molecular flexibility index (Phi) is 18.3. The number of amides is 1. The number of carboxylic acid groups (broad SMARTS) is 1. The van der Waals surface area contributed by atoms with E-state index >= 15 is 0 Å². The molecular formula is C41H54FN3O5. The highest BCUT2D eigenvalue weighted by Gasteiger charge is 2.27. The van der Waals surface area contributed by atoms with E-state index in [0.717, 1.165) is 30.5 Å². The summed E-state index contributed by atoms with van der Waals surface area (Å²) in [5.74, 6) is -2.15. The Labute approximate surface area is 296 Å². The number of benzene rings is 3. The van der Waals surface area contributed by atoms with E-state index in [2.05, 4.69) is 17.6 Å². The van der Waals surface area contributed by atoms with Crippen molar-refractivity contribution in [2.24, 2.45) is 0 Å². The molecule has 0 spiro atoms. The first kappa shape index (κ1) is 39.9. The minimum Gasteiger partial charge on any atom is -0.480 e. The monoisotopic (exact) mass is 687 g/mol. The summed E-state index contributed by atoms with van der Waals surface area (Å²) in [5.41, 5.74) is 3.03. The molecule has 3 aromatic rings. The van der Waals surface area contributed by atoms with Gasteiger partial charge >= 0.3 is 5.97 Å². The number of allylic oxidation sites excluding steroid dienone is 1. The van der Waals surface area contributed by atoms with Gasteiger partial charge in [0.25, 0.3) is 5.69 Å². The van der Waals surface area contributed by atoms with Crippen LogP contribution in [0.25, 0.3) is 6.08 Å². The minimum absolute atomic E-state index is 0.0166. The largest absolute Gasteiger partial charge is 0.480 e. The second-order valence-corrected chi connectivity index (χ2v) is 13.1. The van der Waals surface area contributed by atoms with Crippen LogP contribution < -0.4 is 10.6 Å². The summed E-state index contributed by atoms with van der Waals surface area (Å²) < 4.78 is 13.5. The fraction of sp³-hybridized carbons (Fsp3) is 0.463. The zero-order chi connectivity index (χ0) is 36.0. The SMILES string of the molecule is CCCCCCCCCCCCCCCC(=Cc1ccccc1)N[C@@H](Cc1ccc([N+](=O)[O-])cc1)C(=O)N[C@@H](Cc1ccc(F)cc1)C(=O)O. The molecule has 8 nitrogen and oxygen atoms in total. The number of carbonyl (C=O) groups excluding carboxylic acids is 1. The van der Waals surface area contributed by atoms with Crippen LogP contribution in [0.5, 0.6) is 0 Å². The maximum atomic E-state index is 13.8. The van der Waals surface area contributed by atoms with Crippen LogP contribution >= 0.6 is 0 Å². The Bertz CT molecular complexity index is 1460. The molecule has 0 aromatic heterocycles. The fourth-order valence-electron chi connectivity index (χ4n) is 6.02. The van der Waals surface area contributed by atoms with Crippen molar-refractivity contribution in [3.63, 3.8) is 0 Å². The van der Waals surface area contributed by atoms with Crippen LogP contribution in [0.1, 0.15) is 114 Å². The van der Waals surface area contributed by atoms with E-state index in [1.54, 1.807) is 12.1 Å². The lowest BCUT2D eigenvalue weighted by molar-refractivity contribution is -0.384. The van der Waals surface area contributed by atoms with Crippen molar-refractivity contribution in [2.75, 3.05) is 0 Å². The number of hydrogen-bond acceptors (Lipinski definition) is 5. The summed E-state index contributed by atoms with van der Waals surface area (Å²) in [6, 6.07) is 19.2. The van der Waals surface area contributed by atoms with Crippen molar-refractivity contribution in [2.45, 2.75) is 122 Å². The average Bonchev–Trinajstić information content (AvgIpc) is 3.11. The highest BCUT2D eigenvalue weighted by atomic mass is 19.1. The van der Waals surface area contributed by atoms with E-state index in [1.807, 2.05) is 36.4 Å². The lowest BCUT2D eigenvalue weighted by Gasteiger charge is -2.24. The van der Waals surface area contributed by atoms with Gasteiger partial charge in [0.1, 0.15) is 17.9 Å². The first-order valence-electron chi connectivity index (χ1n) is 18.3. The smallest absolute Gasteiger partial charge is 0.326 e. The van der Waals surface area contributed by atoms with Crippen molar-refractivity contribution in [3.8, 4) is 0 Å². The van der Waals surface area contributed by atoms with E-state index in [-0.39, 0.29) is 18.5 Å². The summed E-state index contributed by atoms with van der Waals surface area (Å²) in [6.07, 6.45) is 19.1. The number of nitrogens with one attached hydrogen (secondary N) is 2. The van der Waals surface area contributed by atoms with Gasteiger partial charge in [-0.3, -0.25) is 14.9 Å². The van der Waals surface area contributed by atoms with E-state index < -0.39 is 34.7 Å². The average molecular weight is 688 g/mol. The van der Waals surface area contributed by atoms with Crippen LogP contribution in [0.2, 0.25) is 0 Å². The molecule has 0 saturated heterocycles.